The van der Waals surface area contributed by atoms with Gasteiger partial charge in [0.05, 0.1) is 11.3 Å². The van der Waals surface area contributed by atoms with Crippen LogP contribution < -0.4 is 5.32 Å². The topological polar surface area (TPSA) is 66.4 Å². The van der Waals surface area contributed by atoms with Crippen molar-refractivity contribution in [3.8, 4) is 5.75 Å². The highest BCUT2D eigenvalue weighted by molar-refractivity contribution is 7.99. The molecule has 0 bridgehead atoms. The molecule has 0 spiro atoms. The van der Waals surface area contributed by atoms with E-state index in [0.717, 1.165) is 5.75 Å². The maximum atomic E-state index is 12.0. The number of hydrogen-bond donors (Lipinski definition) is 2. The molecule has 0 aliphatic carbocycles. The van der Waals surface area contributed by atoms with Gasteiger partial charge in [-0.25, -0.2) is 0 Å². The van der Waals surface area contributed by atoms with E-state index in [2.05, 4.69) is 24.4 Å². The van der Waals surface area contributed by atoms with E-state index < -0.39 is 0 Å². The van der Waals surface area contributed by atoms with Crippen LogP contribution in [0.2, 0.25) is 0 Å². The summed E-state index contributed by atoms with van der Waals surface area (Å²) in [5.41, 5.74) is 0.266. The number of aromatic hydroxyl groups is 1. The molecule has 0 saturated heterocycles. The fourth-order valence-corrected chi connectivity index (χ4v) is 4.18. The Morgan fingerprint density at radius 2 is 1.61 bits per heavy atom. The van der Waals surface area contributed by atoms with Crippen molar-refractivity contribution in [2.45, 2.75) is 84.0 Å². The molecule has 0 aromatic heterocycles. The molecular formula is C26H41NO3S. The van der Waals surface area contributed by atoms with Crippen LogP contribution in [0.4, 0.5) is 0 Å². The summed E-state index contributed by atoms with van der Waals surface area (Å²) in [6.45, 7) is 2.69. The highest BCUT2D eigenvalue weighted by Crippen LogP contribution is 2.15. The van der Waals surface area contributed by atoms with Gasteiger partial charge in [-0.1, -0.05) is 63.3 Å². The van der Waals surface area contributed by atoms with Crippen molar-refractivity contribution < 1.29 is 14.7 Å². The van der Waals surface area contributed by atoms with Crippen LogP contribution in [0.3, 0.4) is 0 Å². The van der Waals surface area contributed by atoms with Gasteiger partial charge in [0.15, 0.2) is 0 Å². The lowest BCUT2D eigenvalue weighted by atomic mass is 10.1. The van der Waals surface area contributed by atoms with Gasteiger partial charge in [0.1, 0.15) is 11.5 Å². The van der Waals surface area contributed by atoms with Gasteiger partial charge < -0.3 is 10.4 Å². The number of allylic oxidation sites excluding steroid dienone is 2. The molecule has 1 aromatic carbocycles. The lowest BCUT2D eigenvalue weighted by Crippen LogP contribution is -2.25. The van der Waals surface area contributed by atoms with Crippen LogP contribution in [-0.4, -0.2) is 34.8 Å². The standard InChI is InChI=1S/C26H41NO3S/c1-2-3-4-5-6-7-8-9-10-11-12-15-21-31-22-23(28)17-16-20-27-26(30)24-18-13-14-19-25(24)29/h8-9,13-14,18-19,29H,2-7,10-12,15-17,20-22H2,1H3,(H,27,30)/b9-8-. The summed E-state index contributed by atoms with van der Waals surface area (Å²) in [6, 6.07) is 6.46. The Hall–Kier alpha value is -1.75. The lowest BCUT2D eigenvalue weighted by Gasteiger charge is -2.06. The number of amides is 1. The highest BCUT2D eigenvalue weighted by atomic mass is 32.2. The van der Waals surface area contributed by atoms with E-state index in [1.807, 2.05) is 0 Å². The molecule has 0 heterocycles. The molecule has 0 aliphatic heterocycles. The predicted molar refractivity (Wildman–Crippen MR) is 133 cm³/mol. The van der Waals surface area contributed by atoms with Gasteiger partial charge in [-0.05, 0) is 56.4 Å². The number of ketones is 1. The first kappa shape index (κ1) is 27.3. The Morgan fingerprint density at radius 3 is 2.32 bits per heavy atom. The number of para-hydroxylation sites is 1. The Kier molecular flexibility index (Phi) is 16.7. The van der Waals surface area contributed by atoms with E-state index in [4.69, 9.17) is 0 Å². The first-order chi connectivity index (χ1) is 15.1. The fourth-order valence-electron chi connectivity index (χ4n) is 3.25. The summed E-state index contributed by atoms with van der Waals surface area (Å²) in [5.74, 6) is 1.51. The second kappa shape index (κ2) is 19.0. The Balaban J connectivity index is 1.89. The van der Waals surface area contributed by atoms with Gasteiger partial charge in [0.2, 0.25) is 0 Å². The molecule has 0 radical (unpaired) electrons. The predicted octanol–water partition coefficient (Wildman–Crippen LogP) is 6.68. The minimum absolute atomic E-state index is 0.0266. The maximum absolute atomic E-state index is 12.0. The van der Waals surface area contributed by atoms with E-state index in [9.17, 15) is 14.7 Å². The van der Waals surface area contributed by atoms with Crippen LogP contribution in [-0.2, 0) is 4.79 Å². The van der Waals surface area contributed by atoms with Crippen molar-refractivity contribution in [3.05, 3.63) is 42.0 Å². The average Bonchev–Trinajstić information content (AvgIpc) is 2.77. The summed E-state index contributed by atoms with van der Waals surface area (Å²) >= 11 is 1.72. The van der Waals surface area contributed by atoms with Crippen LogP contribution in [0, 0.1) is 0 Å². The van der Waals surface area contributed by atoms with Crippen molar-refractivity contribution in [2.75, 3.05) is 18.1 Å². The van der Waals surface area contributed by atoms with Gasteiger partial charge >= 0.3 is 0 Å². The van der Waals surface area contributed by atoms with Crippen LogP contribution in [0.5, 0.6) is 5.75 Å². The first-order valence-corrected chi connectivity index (χ1v) is 13.1. The van der Waals surface area contributed by atoms with Gasteiger partial charge in [-0.3, -0.25) is 9.59 Å². The molecule has 2 N–H and O–H groups in total. The number of carbonyl (C=O) groups excluding carboxylic acids is 2. The van der Waals surface area contributed by atoms with Gasteiger partial charge in [-0.15, -0.1) is 0 Å². The minimum Gasteiger partial charge on any atom is -0.507 e. The number of unbranched alkanes of at least 4 members (excludes halogenated alkanes) is 8. The summed E-state index contributed by atoms with van der Waals surface area (Å²) in [6.07, 6.45) is 18.5. The second-order valence-electron chi connectivity index (χ2n) is 7.99. The molecule has 0 atom stereocenters. The van der Waals surface area contributed by atoms with Crippen molar-refractivity contribution in [3.63, 3.8) is 0 Å². The lowest BCUT2D eigenvalue weighted by molar-refractivity contribution is -0.116. The molecule has 174 valence electrons. The SMILES string of the molecule is CCCCCCC/C=C\CCCCCSCC(=O)CCCNC(=O)c1ccccc1O. The number of nitrogens with one attached hydrogen (secondary N) is 1. The van der Waals surface area contributed by atoms with Crippen LogP contribution in [0.15, 0.2) is 36.4 Å². The quantitative estimate of drug-likeness (QED) is 0.183. The molecule has 0 saturated carbocycles. The first-order valence-electron chi connectivity index (χ1n) is 12.0. The molecule has 1 amide bonds. The zero-order valence-electron chi connectivity index (χ0n) is 19.2. The second-order valence-corrected chi connectivity index (χ2v) is 9.10. The van der Waals surface area contributed by atoms with Gasteiger partial charge in [0, 0.05) is 13.0 Å². The molecule has 31 heavy (non-hydrogen) atoms. The van der Waals surface area contributed by atoms with E-state index in [-0.39, 0.29) is 23.0 Å². The molecule has 0 unspecified atom stereocenters. The Morgan fingerprint density at radius 1 is 0.935 bits per heavy atom. The summed E-state index contributed by atoms with van der Waals surface area (Å²) in [4.78, 5) is 23.9. The third-order valence-electron chi connectivity index (χ3n) is 5.13. The van der Waals surface area contributed by atoms with Crippen LogP contribution in [0.25, 0.3) is 0 Å². The Labute approximate surface area is 193 Å². The van der Waals surface area contributed by atoms with E-state index in [1.54, 1.807) is 30.0 Å². The van der Waals surface area contributed by atoms with E-state index >= 15 is 0 Å². The zero-order valence-corrected chi connectivity index (χ0v) is 20.1. The zero-order chi connectivity index (χ0) is 22.6. The number of phenols is 1. The molecule has 0 aliphatic rings. The Bertz CT molecular complexity index is 645. The number of hydrogen-bond acceptors (Lipinski definition) is 4. The van der Waals surface area contributed by atoms with E-state index in [0.29, 0.717) is 25.1 Å². The molecule has 1 rings (SSSR count). The highest BCUT2D eigenvalue weighted by Gasteiger charge is 2.09. The number of carbonyl (C=O) groups is 2. The number of benzene rings is 1. The van der Waals surface area contributed by atoms with E-state index in [1.165, 1.54) is 70.3 Å². The number of phenolic OH excluding ortho intramolecular Hbond substituents is 1. The van der Waals surface area contributed by atoms with Crippen molar-refractivity contribution >= 4 is 23.5 Å². The third kappa shape index (κ3) is 14.8. The molecular weight excluding hydrogens is 406 g/mol. The third-order valence-corrected chi connectivity index (χ3v) is 6.23. The van der Waals surface area contributed by atoms with Gasteiger partial charge in [-0.2, -0.15) is 11.8 Å². The summed E-state index contributed by atoms with van der Waals surface area (Å²) in [7, 11) is 0. The number of thioether (sulfide) groups is 1. The van der Waals surface area contributed by atoms with Crippen LogP contribution >= 0.6 is 11.8 Å². The monoisotopic (exact) mass is 447 g/mol. The number of Topliss-reactive ketones (excluding diaryl/α,β-unsaturated/α-hetero) is 1. The summed E-state index contributed by atoms with van der Waals surface area (Å²) in [5, 5.41) is 12.4. The largest absolute Gasteiger partial charge is 0.507 e. The van der Waals surface area contributed by atoms with Crippen molar-refractivity contribution in [1.82, 2.24) is 5.32 Å². The van der Waals surface area contributed by atoms with Gasteiger partial charge in [0.25, 0.3) is 5.91 Å². The molecule has 4 nitrogen and oxygen atoms in total. The fraction of sp³-hybridized carbons (Fsp3) is 0.615. The minimum atomic E-state index is -0.304. The molecule has 0 fully saturated rings. The smallest absolute Gasteiger partial charge is 0.255 e. The molecule has 5 heteroatoms. The van der Waals surface area contributed by atoms with Crippen molar-refractivity contribution in [2.24, 2.45) is 0 Å². The van der Waals surface area contributed by atoms with Crippen molar-refractivity contribution in [1.29, 1.82) is 0 Å². The normalized spacial score (nSPS) is 11.1. The average molecular weight is 448 g/mol. The van der Waals surface area contributed by atoms with Crippen LogP contribution in [0.1, 0.15) is 94.3 Å². The maximum Gasteiger partial charge on any atom is 0.255 e. The summed E-state index contributed by atoms with van der Waals surface area (Å²) < 4.78 is 0. The molecule has 1 aromatic rings. The number of rotatable bonds is 19.